The standard InChI is InChI=1S/C8H14O/c1-7-3-2-4-8(5-7)6-9/h6-8H,2-5H2,1H3/t7-,8?/m1/s1. The lowest BCUT2D eigenvalue weighted by Gasteiger charge is -2.21. The van der Waals surface area contributed by atoms with Crippen molar-refractivity contribution in [1.82, 2.24) is 0 Å². The summed E-state index contributed by atoms with van der Waals surface area (Å²) in [5.41, 5.74) is 0. The Morgan fingerprint density at radius 2 is 2.22 bits per heavy atom. The van der Waals surface area contributed by atoms with Crippen LogP contribution in [-0.4, -0.2) is 6.29 Å². The van der Waals surface area contributed by atoms with Crippen LogP contribution in [0.25, 0.3) is 0 Å². The minimum atomic E-state index is 0.383. The van der Waals surface area contributed by atoms with Crippen LogP contribution in [0.2, 0.25) is 0 Å². The molecule has 1 rings (SSSR count). The van der Waals surface area contributed by atoms with E-state index in [2.05, 4.69) is 6.92 Å². The highest BCUT2D eigenvalue weighted by Gasteiger charge is 2.17. The molecule has 0 aromatic heterocycles. The second kappa shape index (κ2) is 3.00. The molecule has 0 saturated heterocycles. The molecule has 0 aromatic rings. The second-order valence-electron chi connectivity index (χ2n) is 3.17. The van der Waals surface area contributed by atoms with Gasteiger partial charge in [-0.05, 0) is 18.8 Å². The minimum Gasteiger partial charge on any atom is -0.303 e. The van der Waals surface area contributed by atoms with E-state index in [9.17, 15) is 4.79 Å². The van der Waals surface area contributed by atoms with Gasteiger partial charge in [-0.25, -0.2) is 0 Å². The monoisotopic (exact) mass is 126 g/mol. The molecule has 0 radical (unpaired) electrons. The average molecular weight is 126 g/mol. The number of rotatable bonds is 1. The lowest BCUT2D eigenvalue weighted by molar-refractivity contribution is -0.112. The van der Waals surface area contributed by atoms with E-state index in [0.717, 1.165) is 25.0 Å². The second-order valence-corrected chi connectivity index (χ2v) is 3.17. The van der Waals surface area contributed by atoms with Gasteiger partial charge >= 0.3 is 0 Å². The van der Waals surface area contributed by atoms with Crippen molar-refractivity contribution in [2.75, 3.05) is 0 Å². The van der Waals surface area contributed by atoms with Crippen LogP contribution >= 0.6 is 0 Å². The molecule has 9 heavy (non-hydrogen) atoms. The van der Waals surface area contributed by atoms with E-state index in [-0.39, 0.29) is 0 Å². The molecule has 0 aliphatic heterocycles. The van der Waals surface area contributed by atoms with E-state index in [1.165, 1.54) is 12.8 Å². The van der Waals surface area contributed by atoms with Gasteiger partial charge in [0.1, 0.15) is 6.29 Å². The Morgan fingerprint density at radius 3 is 2.67 bits per heavy atom. The highest BCUT2D eigenvalue weighted by atomic mass is 16.1. The third-order valence-corrected chi connectivity index (χ3v) is 2.17. The van der Waals surface area contributed by atoms with E-state index in [1.807, 2.05) is 0 Å². The lowest BCUT2D eigenvalue weighted by Crippen LogP contribution is -2.13. The maximum atomic E-state index is 10.3. The fourth-order valence-electron chi connectivity index (χ4n) is 1.60. The lowest BCUT2D eigenvalue weighted by atomic mass is 9.83. The molecule has 1 nitrogen and oxygen atoms in total. The molecule has 1 saturated carbocycles. The van der Waals surface area contributed by atoms with Crippen LogP contribution < -0.4 is 0 Å². The third-order valence-electron chi connectivity index (χ3n) is 2.17. The van der Waals surface area contributed by atoms with Crippen LogP contribution in [0.15, 0.2) is 0 Å². The summed E-state index contributed by atoms with van der Waals surface area (Å²) >= 11 is 0. The molecule has 1 aliphatic carbocycles. The van der Waals surface area contributed by atoms with Crippen LogP contribution in [0.5, 0.6) is 0 Å². The van der Waals surface area contributed by atoms with Crippen LogP contribution in [-0.2, 0) is 4.79 Å². The van der Waals surface area contributed by atoms with E-state index in [0.29, 0.717) is 5.92 Å². The van der Waals surface area contributed by atoms with Gasteiger partial charge in [0.2, 0.25) is 0 Å². The van der Waals surface area contributed by atoms with E-state index >= 15 is 0 Å². The number of hydrogen-bond donors (Lipinski definition) is 0. The van der Waals surface area contributed by atoms with Gasteiger partial charge in [-0.3, -0.25) is 0 Å². The topological polar surface area (TPSA) is 17.1 Å². The summed E-state index contributed by atoms with van der Waals surface area (Å²) in [4.78, 5) is 10.3. The highest BCUT2D eigenvalue weighted by molar-refractivity contribution is 5.53. The summed E-state index contributed by atoms with van der Waals surface area (Å²) in [7, 11) is 0. The molecule has 0 N–H and O–H groups in total. The van der Waals surface area contributed by atoms with Crippen molar-refractivity contribution in [3.8, 4) is 0 Å². The number of aldehydes is 1. The first-order chi connectivity index (χ1) is 4.33. The van der Waals surface area contributed by atoms with Gasteiger partial charge in [-0.1, -0.05) is 19.8 Å². The van der Waals surface area contributed by atoms with E-state index in [1.54, 1.807) is 0 Å². The third kappa shape index (κ3) is 1.81. The summed E-state index contributed by atoms with van der Waals surface area (Å²) in [6, 6.07) is 0. The molecular weight excluding hydrogens is 112 g/mol. The van der Waals surface area contributed by atoms with Gasteiger partial charge in [0.15, 0.2) is 0 Å². The molecule has 0 aromatic carbocycles. The first-order valence-corrected chi connectivity index (χ1v) is 3.78. The first-order valence-electron chi connectivity index (χ1n) is 3.78. The first kappa shape index (κ1) is 6.79. The molecular formula is C8H14O. The molecule has 0 spiro atoms. The van der Waals surface area contributed by atoms with Gasteiger partial charge in [0, 0.05) is 5.92 Å². The summed E-state index contributed by atoms with van der Waals surface area (Å²) in [6.07, 6.45) is 5.96. The Bertz CT molecular complexity index is 98.7. The Morgan fingerprint density at radius 1 is 1.44 bits per heavy atom. The van der Waals surface area contributed by atoms with Crippen molar-refractivity contribution in [2.24, 2.45) is 11.8 Å². The largest absolute Gasteiger partial charge is 0.303 e. The zero-order valence-corrected chi connectivity index (χ0v) is 5.97. The van der Waals surface area contributed by atoms with Crippen LogP contribution in [0, 0.1) is 11.8 Å². The Balaban J connectivity index is 2.31. The number of carbonyl (C=O) groups is 1. The average Bonchev–Trinajstić information content (AvgIpc) is 1.88. The van der Waals surface area contributed by atoms with Gasteiger partial charge in [0.25, 0.3) is 0 Å². The fourth-order valence-corrected chi connectivity index (χ4v) is 1.60. The summed E-state index contributed by atoms with van der Waals surface area (Å²) in [6.45, 7) is 2.23. The van der Waals surface area contributed by atoms with Crippen molar-refractivity contribution < 1.29 is 4.79 Å². The molecule has 0 amide bonds. The van der Waals surface area contributed by atoms with Crippen LogP contribution in [0.1, 0.15) is 32.6 Å². The predicted molar refractivity (Wildman–Crippen MR) is 37.2 cm³/mol. The van der Waals surface area contributed by atoms with Gasteiger partial charge in [-0.15, -0.1) is 0 Å². The smallest absolute Gasteiger partial charge is 0.123 e. The van der Waals surface area contributed by atoms with Crippen molar-refractivity contribution in [3.63, 3.8) is 0 Å². The molecule has 0 bridgehead atoms. The zero-order chi connectivity index (χ0) is 6.69. The zero-order valence-electron chi connectivity index (χ0n) is 5.97. The maximum Gasteiger partial charge on any atom is 0.123 e. The normalized spacial score (nSPS) is 36.1. The molecule has 1 aliphatic rings. The Kier molecular flexibility index (Phi) is 2.26. The number of carbonyl (C=O) groups excluding carboxylic acids is 1. The SMILES string of the molecule is C[C@@H]1CCCC(C=O)C1. The number of hydrogen-bond acceptors (Lipinski definition) is 1. The van der Waals surface area contributed by atoms with Crippen LogP contribution in [0.4, 0.5) is 0 Å². The molecule has 1 fully saturated rings. The summed E-state index contributed by atoms with van der Waals surface area (Å²) in [5, 5.41) is 0. The molecule has 2 atom stereocenters. The van der Waals surface area contributed by atoms with Gasteiger partial charge < -0.3 is 4.79 Å². The van der Waals surface area contributed by atoms with Crippen molar-refractivity contribution in [2.45, 2.75) is 32.6 Å². The minimum absolute atomic E-state index is 0.383. The van der Waals surface area contributed by atoms with E-state index < -0.39 is 0 Å². The van der Waals surface area contributed by atoms with Gasteiger partial charge in [0.05, 0.1) is 0 Å². The summed E-state index contributed by atoms with van der Waals surface area (Å²) < 4.78 is 0. The van der Waals surface area contributed by atoms with Gasteiger partial charge in [-0.2, -0.15) is 0 Å². The summed E-state index contributed by atoms with van der Waals surface area (Å²) in [5.74, 6) is 1.17. The highest BCUT2D eigenvalue weighted by Crippen LogP contribution is 2.26. The van der Waals surface area contributed by atoms with Crippen molar-refractivity contribution >= 4 is 6.29 Å². The van der Waals surface area contributed by atoms with E-state index in [4.69, 9.17) is 0 Å². The predicted octanol–water partition coefficient (Wildman–Crippen LogP) is 2.01. The van der Waals surface area contributed by atoms with Crippen molar-refractivity contribution in [3.05, 3.63) is 0 Å². The molecule has 1 heteroatoms. The molecule has 0 heterocycles. The van der Waals surface area contributed by atoms with Crippen LogP contribution in [0.3, 0.4) is 0 Å². The molecule has 52 valence electrons. The molecule has 1 unspecified atom stereocenters. The maximum absolute atomic E-state index is 10.3. The fraction of sp³-hybridized carbons (Fsp3) is 0.875. The Labute approximate surface area is 56.4 Å². The Hall–Kier alpha value is -0.330. The van der Waals surface area contributed by atoms with Crippen molar-refractivity contribution in [1.29, 1.82) is 0 Å². The quantitative estimate of drug-likeness (QED) is 0.491.